The van der Waals surface area contributed by atoms with Gasteiger partial charge in [0.15, 0.2) is 34.9 Å². The molecule has 6 nitrogen and oxygen atoms in total. The average Bonchev–Trinajstić information content (AvgIpc) is 3.09. The molecule has 0 radical (unpaired) electrons. The van der Waals surface area contributed by atoms with Crippen molar-refractivity contribution in [3.05, 3.63) is 140 Å². The molecule has 0 N–H and O–H groups in total. The van der Waals surface area contributed by atoms with Gasteiger partial charge >= 0.3 is 0 Å². The van der Waals surface area contributed by atoms with Gasteiger partial charge in [-0.2, -0.15) is 0 Å². The third kappa shape index (κ3) is 6.73. The summed E-state index contributed by atoms with van der Waals surface area (Å²) in [5.74, 6) is 3.71. The zero-order valence-corrected chi connectivity index (χ0v) is 29.3. The molecule has 0 bridgehead atoms. The molecule has 2 aromatic heterocycles. The van der Waals surface area contributed by atoms with Crippen LogP contribution in [-0.2, 0) is 0 Å². The molecule has 222 valence electrons. The van der Waals surface area contributed by atoms with E-state index in [-0.39, 0.29) is 0 Å². The molecule has 46 heavy (non-hydrogen) atoms. The fraction of sp³-hybridized carbons (Fsp3) is 0.0526. The van der Waals surface area contributed by atoms with Gasteiger partial charge in [-0.3, -0.25) is 0 Å². The Kier molecular flexibility index (Phi) is 8.63. The second kappa shape index (κ2) is 13.1. The lowest BCUT2D eigenvalue weighted by atomic mass is 10.1. The van der Waals surface area contributed by atoms with Gasteiger partial charge in [-0.1, -0.05) is 108 Å². The Balaban J connectivity index is 1.30. The topological polar surface area (TPSA) is 77.3 Å². The highest BCUT2D eigenvalue weighted by molar-refractivity contribution is 14.1. The van der Waals surface area contributed by atoms with Crippen LogP contribution in [-0.4, -0.2) is 29.9 Å². The Labute approximate surface area is 294 Å². The molecule has 0 fully saturated rings. The SMILES string of the molecule is Cc1ccc(-c2nc(-c3ccc(I)cc3)nc(-c3ccc(-c4nc(-c5ccc(C)cc5)nc(-c5ccc(I)cc5)n4)cc3)n2)cc1. The van der Waals surface area contributed by atoms with Crippen molar-refractivity contribution in [3.63, 3.8) is 0 Å². The Hall–Kier alpha value is -4.42. The summed E-state index contributed by atoms with van der Waals surface area (Å²) >= 11 is 4.61. The van der Waals surface area contributed by atoms with Gasteiger partial charge in [0.1, 0.15) is 0 Å². The first kappa shape index (κ1) is 30.2. The highest BCUT2D eigenvalue weighted by Gasteiger charge is 2.15. The first-order valence-electron chi connectivity index (χ1n) is 14.7. The molecule has 0 spiro atoms. The van der Waals surface area contributed by atoms with E-state index in [1.165, 1.54) is 11.1 Å². The molecule has 5 aromatic carbocycles. The number of aryl methyl sites for hydroxylation is 2. The number of nitrogens with zero attached hydrogens (tertiary/aromatic N) is 6. The fourth-order valence-corrected chi connectivity index (χ4v) is 5.62. The summed E-state index contributed by atoms with van der Waals surface area (Å²) in [5.41, 5.74) is 7.86. The van der Waals surface area contributed by atoms with Crippen LogP contribution in [0.1, 0.15) is 11.1 Å². The van der Waals surface area contributed by atoms with Crippen LogP contribution in [0.25, 0.3) is 68.3 Å². The van der Waals surface area contributed by atoms with Crippen molar-refractivity contribution in [3.8, 4) is 68.3 Å². The number of halogens is 2. The molecule has 0 aliphatic rings. The number of hydrogen-bond acceptors (Lipinski definition) is 6. The van der Waals surface area contributed by atoms with Crippen LogP contribution in [0.4, 0.5) is 0 Å². The highest BCUT2D eigenvalue weighted by atomic mass is 127. The van der Waals surface area contributed by atoms with E-state index in [0.29, 0.717) is 34.9 Å². The van der Waals surface area contributed by atoms with E-state index in [2.05, 4.69) is 108 Å². The maximum Gasteiger partial charge on any atom is 0.164 e. The minimum atomic E-state index is 0.598. The van der Waals surface area contributed by atoms with Crippen LogP contribution >= 0.6 is 45.2 Å². The third-order valence-corrected chi connectivity index (χ3v) is 8.93. The van der Waals surface area contributed by atoms with Crippen LogP contribution in [0.2, 0.25) is 0 Å². The van der Waals surface area contributed by atoms with E-state index in [9.17, 15) is 0 Å². The van der Waals surface area contributed by atoms with Crippen LogP contribution in [0.5, 0.6) is 0 Å². The van der Waals surface area contributed by atoms with Gasteiger partial charge in [-0.15, -0.1) is 0 Å². The second-order valence-electron chi connectivity index (χ2n) is 10.9. The molecule has 0 amide bonds. The molecule has 7 rings (SSSR count). The quantitative estimate of drug-likeness (QED) is 0.156. The number of benzene rings is 5. The van der Waals surface area contributed by atoms with Gasteiger partial charge in [0, 0.05) is 40.5 Å². The van der Waals surface area contributed by atoms with Crippen molar-refractivity contribution in [2.45, 2.75) is 13.8 Å². The summed E-state index contributed by atoms with van der Waals surface area (Å²) in [6.45, 7) is 4.14. The minimum absolute atomic E-state index is 0.598. The maximum atomic E-state index is 4.91. The smallest absolute Gasteiger partial charge is 0.164 e. The summed E-state index contributed by atoms with van der Waals surface area (Å²) < 4.78 is 2.30. The summed E-state index contributed by atoms with van der Waals surface area (Å²) in [4.78, 5) is 29.3. The predicted molar refractivity (Wildman–Crippen MR) is 201 cm³/mol. The van der Waals surface area contributed by atoms with Gasteiger partial charge in [0.05, 0.1) is 0 Å². The third-order valence-electron chi connectivity index (χ3n) is 7.50. The second-order valence-corrected chi connectivity index (χ2v) is 13.4. The normalized spacial score (nSPS) is 11.0. The molecule has 2 heterocycles. The Morgan fingerprint density at radius 3 is 0.674 bits per heavy atom. The summed E-state index contributed by atoms with van der Waals surface area (Å²) in [5, 5.41) is 0. The van der Waals surface area contributed by atoms with E-state index in [0.717, 1.165) is 40.5 Å². The van der Waals surface area contributed by atoms with Gasteiger partial charge in [-0.05, 0) is 83.3 Å². The van der Waals surface area contributed by atoms with Crippen LogP contribution in [0, 0.1) is 21.0 Å². The maximum absolute atomic E-state index is 4.91. The molecule has 8 heteroatoms. The van der Waals surface area contributed by atoms with Crippen LogP contribution in [0.15, 0.2) is 121 Å². The summed E-state index contributed by atoms with van der Waals surface area (Å²) in [7, 11) is 0. The van der Waals surface area contributed by atoms with Gasteiger partial charge in [0.2, 0.25) is 0 Å². The first-order chi connectivity index (χ1) is 22.4. The van der Waals surface area contributed by atoms with E-state index < -0.39 is 0 Å². The zero-order chi connectivity index (χ0) is 31.6. The lowest BCUT2D eigenvalue weighted by molar-refractivity contribution is 1.07. The van der Waals surface area contributed by atoms with Crippen molar-refractivity contribution >= 4 is 45.2 Å². The van der Waals surface area contributed by atoms with Gasteiger partial charge in [-0.25, -0.2) is 29.9 Å². The molecule has 7 aromatic rings. The van der Waals surface area contributed by atoms with E-state index in [4.69, 9.17) is 29.9 Å². The molecule has 0 saturated heterocycles. The van der Waals surface area contributed by atoms with Crippen molar-refractivity contribution in [2.75, 3.05) is 0 Å². The predicted octanol–water partition coefficient (Wildman–Crippen LogP) is 9.88. The highest BCUT2D eigenvalue weighted by Crippen LogP contribution is 2.29. The molecule has 0 aliphatic carbocycles. The van der Waals surface area contributed by atoms with Crippen LogP contribution < -0.4 is 0 Å². The van der Waals surface area contributed by atoms with Gasteiger partial charge < -0.3 is 0 Å². The number of rotatable bonds is 6. The van der Waals surface area contributed by atoms with Crippen LogP contribution in [0.3, 0.4) is 0 Å². The summed E-state index contributed by atoms with van der Waals surface area (Å²) in [6, 6.07) is 40.9. The minimum Gasteiger partial charge on any atom is -0.208 e. The Bertz CT molecular complexity index is 1860. The van der Waals surface area contributed by atoms with Crippen molar-refractivity contribution < 1.29 is 0 Å². The number of hydrogen-bond donors (Lipinski definition) is 0. The van der Waals surface area contributed by atoms with E-state index in [1.54, 1.807) is 0 Å². The molecule has 0 aliphatic heterocycles. The van der Waals surface area contributed by atoms with E-state index in [1.807, 2.05) is 72.8 Å². The van der Waals surface area contributed by atoms with E-state index >= 15 is 0 Å². The molecular weight excluding hydrogens is 794 g/mol. The molecular formula is C38H26I2N6. The summed E-state index contributed by atoms with van der Waals surface area (Å²) in [6.07, 6.45) is 0. The van der Waals surface area contributed by atoms with Crippen molar-refractivity contribution in [2.24, 2.45) is 0 Å². The zero-order valence-electron chi connectivity index (χ0n) is 25.0. The largest absolute Gasteiger partial charge is 0.208 e. The standard InChI is InChI=1S/C38H26I2N6/c1-23-3-7-25(8-4-23)33-41-35(45-37(43-33)29-15-19-31(39)20-16-29)27-11-13-28(14-12-27)36-42-34(26-9-5-24(2)6-10-26)44-38(46-36)30-17-21-32(40)22-18-30/h3-22H,1-2H3. The Morgan fingerprint density at radius 2 is 0.457 bits per heavy atom. The Morgan fingerprint density at radius 1 is 0.283 bits per heavy atom. The number of aromatic nitrogens is 6. The fourth-order valence-electron chi connectivity index (χ4n) is 4.90. The van der Waals surface area contributed by atoms with Crippen molar-refractivity contribution in [1.29, 1.82) is 0 Å². The molecule has 0 atom stereocenters. The monoisotopic (exact) mass is 820 g/mol. The molecule has 0 unspecified atom stereocenters. The lowest BCUT2D eigenvalue weighted by Crippen LogP contribution is -2.01. The van der Waals surface area contributed by atoms with Gasteiger partial charge in [0.25, 0.3) is 0 Å². The first-order valence-corrected chi connectivity index (χ1v) is 16.8. The average molecular weight is 820 g/mol. The van der Waals surface area contributed by atoms with Crippen molar-refractivity contribution in [1.82, 2.24) is 29.9 Å². The molecule has 0 saturated carbocycles. The lowest BCUT2D eigenvalue weighted by Gasteiger charge is -2.10.